The molecule has 2 N–H and O–H groups in total. The summed E-state index contributed by atoms with van der Waals surface area (Å²) in [6, 6.07) is 0.341. The minimum absolute atomic E-state index is 0.341. The molecule has 0 aromatic carbocycles. The average molecular weight is 288 g/mol. The fraction of sp³-hybridized carbons (Fsp3) is 0.167. The number of rotatable bonds is 3. The molecule has 94 valence electrons. The van der Waals surface area contributed by atoms with E-state index in [9.17, 15) is 27.3 Å². The van der Waals surface area contributed by atoms with Crippen LogP contribution in [0, 0.1) is 10.1 Å². The second kappa shape index (κ2) is 4.47. The van der Waals surface area contributed by atoms with E-state index in [4.69, 9.17) is 11.6 Å². The van der Waals surface area contributed by atoms with Crippen LogP contribution in [-0.4, -0.2) is 18.3 Å². The van der Waals surface area contributed by atoms with Gasteiger partial charge in [-0.05, 0) is 27.6 Å². The van der Waals surface area contributed by atoms with Crippen LogP contribution in [0.4, 0.5) is 14.6 Å². The summed E-state index contributed by atoms with van der Waals surface area (Å²) in [6.45, 7) is 0. The summed E-state index contributed by atoms with van der Waals surface area (Å²) in [5, 5.41) is 14.3. The minimum Gasteiger partial charge on any atom is -0.358 e. The lowest BCUT2D eigenvalue weighted by Gasteiger charge is -2.04. The highest BCUT2D eigenvalue weighted by molar-refractivity contribution is 7.89. The third kappa shape index (κ3) is 2.84. The van der Waals surface area contributed by atoms with Gasteiger partial charge in [0.2, 0.25) is 10.0 Å². The Balaban J connectivity index is 3.63. The van der Waals surface area contributed by atoms with Crippen molar-refractivity contribution in [3.63, 3.8) is 0 Å². The second-order valence-corrected chi connectivity index (χ2v) is 4.68. The lowest BCUT2D eigenvalue weighted by atomic mass is 10.2. The van der Waals surface area contributed by atoms with Gasteiger partial charge < -0.3 is 10.1 Å². The van der Waals surface area contributed by atoms with E-state index in [-0.39, 0.29) is 0 Å². The van der Waals surface area contributed by atoms with E-state index < -0.39 is 42.8 Å². The Kier molecular flexibility index (Phi) is 3.59. The molecule has 0 fully saturated rings. The smallest absolute Gasteiger partial charge is 0.358 e. The number of hydrogen-bond acceptors (Lipinski definition) is 5. The van der Waals surface area contributed by atoms with Crippen LogP contribution in [0.25, 0.3) is 0 Å². The maximum Gasteiger partial charge on any atom is 0.374 e. The molecule has 0 aliphatic heterocycles. The summed E-state index contributed by atoms with van der Waals surface area (Å²) in [4.78, 5) is 11.3. The van der Waals surface area contributed by atoms with Gasteiger partial charge in [0, 0.05) is 0 Å². The number of alkyl halides is 2. The fourth-order valence-electron chi connectivity index (χ4n) is 0.984. The first-order valence-electron chi connectivity index (χ1n) is 3.80. The first kappa shape index (κ1) is 13.7. The van der Waals surface area contributed by atoms with Gasteiger partial charge >= 0.3 is 5.82 Å². The monoisotopic (exact) mass is 287 g/mol. The van der Waals surface area contributed by atoms with Gasteiger partial charge in [-0.15, -0.1) is 0 Å². The van der Waals surface area contributed by atoms with Crippen LogP contribution in [0.15, 0.2) is 11.0 Å². The number of halogens is 3. The Hall–Kier alpha value is -1.39. The van der Waals surface area contributed by atoms with Gasteiger partial charge in [-0.25, -0.2) is 22.3 Å². The fourth-order valence-corrected chi connectivity index (χ4v) is 2.01. The molecular weight excluding hydrogens is 284 g/mol. The molecular formula is C6H4ClF2N3O4S. The second-order valence-electron chi connectivity index (χ2n) is 2.79. The molecule has 17 heavy (non-hydrogen) atoms. The zero-order chi connectivity index (χ0) is 13.4. The van der Waals surface area contributed by atoms with Gasteiger partial charge in [0.1, 0.15) is 10.5 Å². The van der Waals surface area contributed by atoms with Crippen LogP contribution < -0.4 is 5.14 Å². The highest BCUT2D eigenvalue weighted by Gasteiger charge is 2.30. The molecule has 7 nitrogen and oxygen atoms in total. The number of hydrogen-bond donors (Lipinski definition) is 1. The zero-order valence-corrected chi connectivity index (χ0v) is 9.37. The lowest BCUT2D eigenvalue weighted by Crippen LogP contribution is -2.14. The van der Waals surface area contributed by atoms with Crippen LogP contribution in [0.3, 0.4) is 0 Å². The summed E-state index contributed by atoms with van der Waals surface area (Å²) in [5.41, 5.74) is -1.16. The van der Waals surface area contributed by atoms with Crippen LogP contribution in [0.2, 0.25) is 5.15 Å². The number of nitrogens with zero attached hydrogens (tertiary/aromatic N) is 2. The van der Waals surface area contributed by atoms with Crippen molar-refractivity contribution in [3.05, 3.63) is 26.9 Å². The van der Waals surface area contributed by atoms with Gasteiger partial charge in [0.15, 0.2) is 0 Å². The summed E-state index contributed by atoms with van der Waals surface area (Å²) in [5.74, 6) is -1.21. The van der Waals surface area contributed by atoms with Crippen molar-refractivity contribution in [3.8, 4) is 0 Å². The third-order valence-electron chi connectivity index (χ3n) is 1.67. The summed E-state index contributed by atoms with van der Waals surface area (Å²) in [6.07, 6.45) is -3.28. The van der Waals surface area contributed by atoms with E-state index in [0.29, 0.717) is 6.07 Å². The Labute approximate surface area is 98.4 Å². The molecule has 11 heteroatoms. The van der Waals surface area contributed by atoms with E-state index in [1.807, 2.05) is 0 Å². The molecule has 0 amide bonds. The minimum atomic E-state index is -4.38. The predicted molar refractivity (Wildman–Crippen MR) is 52.2 cm³/mol. The van der Waals surface area contributed by atoms with Gasteiger partial charge in [-0.3, -0.25) is 0 Å². The van der Waals surface area contributed by atoms with Crippen molar-refractivity contribution in [2.75, 3.05) is 0 Å². The van der Waals surface area contributed by atoms with Crippen LogP contribution in [-0.2, 0) is 10.0 Å². The maximum atomic E-state index is 12.5. The van der Waals surface area contributed by atoms with Gasteiger partial charge in [-0.1, -0.05) is 0 Å². The Morgan fingerprint density at radius 3 is 2.41 bits per heavy atom. The molecule has 0 saturated heterocycles. The Bertz CT molecular complexity index is 577. The quantitative estimate of drug-likeness (QED) is 0.510. The third-order valence-corrected chi connectivity index (χ3v) is 2.99. The molecule has 1 rings (SSSR count). The van der Waals surface area contributed by atoms with Gasteiger partial charge in [-0.2, -0.15) is 0 Å². The first-order chi connectivity index (χ1) is 7.64. The highest BCUT2D eigenvalue weighted by atomic mass is 35.5. The van der Waals surface area contributed by atoms with E-state index in [1.165, 1.54) is 0 Å². The molecule has 0 saturated carbocycles. The molecule has 0 aliphatic carbocycles. The number of nitrogens with two attached hydrogens (primary N) is 1. The molecule has 0 spiro atoms. The van der Waals surface area contributed by atoms with Crippen molar-refractivity contribution in [2.45, 2.75) is 11.3 Å². The van der Waals surface area contributed by atoms with Crippen LogP contribution in [0.1, 0.15) is 12.0 Å². The molecule has 1 aromatic heterocycles. The summed E-state index contributed by atoms with van der Waals surface area (Å²) >= 11 is 5.32. The topological polar surface area (TPSA) is 116 Å². The van der Waals surface area contributed by atoms with E-state index in [0.717, 1.165) is 0 Å². The van der Waals surface area contributed by atoms with Crippen molar-refractivity contribution in [2.24, 2.45) is 5.14 Å². The number of primary sulfonamides is 1. The molecule has 0 atom stereocenters. The normalized spacial score (nSPS) is 11.8. The van der Waals surface area contributed by atoms with Gasteiger partial charge in [0.25, 0.3) is 11.6 Å². The van der Waals surface area contributed by atoms with Crippen LogP contribution in [0.5, 0.6) is 0 Å². The summed E-state index contributed by atoms with van der Waals surface area (Å²) < 4.78 is 46.8. The van der Waals surface area contributed by atoms with Crippen LogP contribution >= 0.6 is 11.6 Å². The zero-order valence-electron chi connectivity index (χ0n) is 7.80. The van der Waals surface area contributed by atoms with Gasteiger partial charge in [0.05, 0.1) is 0 Å². The molecule has 0 unspecified atom stereocenters. The van der Waals surface area contributed by atoms with Crippen molar-refractivity contribution in [1.82, 2.24) is 4.98 Å². The van der Waals surface area contributed by atoms with Crippen molar-refractivity contribution >= 4 is 27.4 Å². The molecule has 0 radical (unpaired) electrons. The largest absolute Gasteiger partial charge is 0.374 e. The first-order valence-corrected chi connectivity index (χ1v) is 5.72. The SMILES string of the molecule is NS(=O)(=O)c1cc(C(F)F)c([N+](=O)[O-])nc1Cl. The van der Waals surface area contributed by atoms with Crippen molar-refractivity contribution in [1.29, 1.82) is 0 Å². The predicted octanol–water partition coefficient (Wildman–Crippen LogP) is 1.23. The van der Waals surface area contributed by atoms with Crippen molar-refractivity contribution < 1.29 is 22.1 Å². The molecule has 0 aliphatic rings. The number of aromatic nitrogens is 1. The standard InChI is InChI=1S/C6H4ClF2N3O4S/c7-4-3(17(10,15)16)1-2(5(8)9)6(11-4)12(13)14/h1,5H,(H2,10,15,16). The Morgan fingerprint density at radius 1 is 1.53 bits per heavy atom. The maximum absolute atomic E-state index is 12.5. The van der Waals surface area contributed by atoms with E-state index in [1.54, 1.807) is 0 Å². The lowest BCUT2D eigenvalue weighted by molar-refractivity contribution is -0.391. The number of pyridine rings is 1. The molecule has 1 heterocycles. The number of nitro groups is 1. The highest BCUT2D eigenvalue weighted by Crippen LogP contribution is 2.32. The molecule has 0 bridgehead atoms. The summed E-state index contributed by atoms with van der Waals surface area (Å²) in [7, 11) is -4.38. The average Bonchev–Trinajstić information content (AvgIpc) is 2.14. The van der Waals surface area contributed by atoms with E-state index in [2.05, 4.69) is 10.1 Å². The number of sulfonamides is 1. The van der Waals surface area contributed by atoms with E-state index >= 15 is 0 Å². The Morgan fingerprint density at radius 2 is 2.06 bits per heavy atom. The molecule has 1 aromatic rings.